The summed E-state index contributed by atoms with van der Waals surface area (Å²) in [6, 6.07) is 5.94. The molecule has 0 unspecified atom stereocenters. The van der Waals surface area contributed by atoms with E-state index in [1.54, 1.807) is 11.8 Å². The molecular formula is C12H15ClOS. The van der Waals surface area contributed by atoms with Crippen LogP contribution in [0.4, 0.5) is 0 Å². The van der Waals surface area contributed by atoms with Gasteiger partial charge in [0.2, 0.25) is 0 Å². The van der Waals surface area contributed by atoms with Crippen LogP contribution in [0.3, 0.4) is 0 Å². The molecule has 0 spiro atoms. The summed E-state index contributed by atoms with van der Waals surface area (Å²) in [6.45, 7) is 6.20. The number of hydrogen-bond acceptors (Lipinski definition) is 2. The summed E-state index contributed by atoms with van der Waals surface area (Å²) in [6.07, 6.45) is 0. The SMILES string of the molecule is Cc1ccc(SC(C)C)c(C(=O)CCl)c1. The highest BCUT2D eigenvalue weighted by atomic mass is 35.5. The van der Waals surface area contributed by atoms with Gasteiger partial charge in [-0.15, -0.1) is 23.4 Å². The number of Topliss-reactive ketones (excluding diaryl/α,β-unsaturated/α-hetero) is 1. The van der Waals surface area contributed by atoms with Gasteiger partial charge in [-0.2, -0.15) is 0 Å². The van der Waals surface area contributed by atoms with Crippen LogP contribution in [-0.4, -0.2) is 16.9 Å². The molecule has 1 aromatic rings. The Morgan fingerprint density at radius 2 is 2.13 bits per heavy atom. The number of ketones is 1. The first kappa shape index (κ1) is 12.6. The van der Waals surface area contributed by atoms with E-state index in [0.29, 0.717) is 5.25 Å². The van der Waals surface area contributed by atoms with Gasteiger partial charge < -0.3 is 0 Å². The third-order valence-electron chi connectivity index (χ3n) is 1.92. The average Bonchev–Trinajstić information content (AvgIpc) is 2.19. The van der Waals surface area contributed by atoms with Crippen LogP contribution in [0.15, 0.2) is 23.1 Å². The molecule has 0 aliphatic carbocycles. The summed E-state index contributed by atoms with van der Waals surface area (Å²) in [5.41, 5.74) is 1.85. The molecule has 0 radical (unpaired) electrons. The van der Waals surface area contributed by atoms with Gasteiger partial charge >= 0.3 is 0 Å². The van der Waals surface area contributed by atoms with Crippen molar-refractivity contribution in [3.63, 3.8) is 0 Å². The maximum atomic E-state index is 11.6. The zero-order valence-corrected chi connectivity index (χ0v) is 10.8. The highest BCUT2D eigenvalue weighted by Gasteiger charge is 2.12. The number of benzene rings is 1. The Bertz CT molecular complexity index is 361. The lowest BCUT2D eigenvalue weighted by atomic mass is 10.1. The molecule has 0 aliphatic heterocycles. The van der Waals surface area contributed by atoms with Crippen LogP contribution in [0, 0.1) is 6.92 Å². The predicted octanol–water partition coefficient (Wildman–Crippen LogP) is 3.92. The van der Waals surface area contributed by atoms with Crippen LogP contribution >= 0.6 is 23.4 Å². The zero-order chi connectivity index (χ0) is 11.4. The fourth-order valence-corrected chi connectivity index (χ4v) is 2.39. The molecule has 1 rings (SSSR count). The van der Waals surface area contributed by atoms with E-state index in [1.807, 2.05) is 25.1 Å². The molecule has 0 atom stereocenters. The Kier molecular flexibility index (Phi) is 4.68. The van der Waals surface area contributed by atoms with Gasteiger partial charge in [0, 0.05) is 15.7 Å². The first-order chi connectivity index (χ1) is 7.04. The molecule has 82 valence electrons. The molecule has 0 N–H and O–H groups in total. The van der Waals surface area contributed by atoms with Gasteiger partial charge in [0.1, 0.15) is 0 Å². The Labute approximate surface area is 100 Å². The summed E-state index contributed by atoms with van der Waals surface area (Å²) in [5.74, 6) is 0.0540. The second-order valence-electron chi connectivity index (χ2n) is 3.72. The Morgan fingerprint density at radius 1 is 1.47 bits per heavy atom. The van der Waals surface area contributed by atoms with Crippen molar-refractivity contribution in [1.29, 1.82) is 0 Å². The van der Waals surface area contributed by atoms with Crippen molar-refractivity contribution in [3.8, 4) is 0 Å². The molecule has 0 aliphatic rings. The van der Waals surface area contributed by atoms with E-state index in [-0.39, 0.29) is 11.7 Å². The molecule has 3 heteroatoms. The monoisotopic (exact) mass is 242 g/mol. The van der Waals surface area contributed by atoms with E-state index in [9.17, 15) is 4.79 Å². The first-order valence-corrected chi connectivity index (χ1v) is 6.32. The van der Waals surface area contributed by atoms with Gasteiger partial charge in [-0.1, -0.05) is 25.5 Å². The highest BCUT2D eigenvalue weighted by molar-refractivity contribution is 8.00. The van der Waals surface area contributed by atoms with Crippen molar-refractivity contribution in [3.05, 3.63) is 29.3 Å². The van der Waals surface area contributed by atoms with Gasteiger partial charge in [0.25, 0.3) is 0 Å². The molecule has 0 heterocycles. The molecule has 0 amide bonds. The normalized spacial score (nSPS) is 10.7. The van der Waals surface area contributed by atoms with Crippen molar-refractivity contribution in [2.24, 2.45) is 0 Å². The smallest absolute Gasteiger partial charge is 0.178 e. The van der Waals surface area contributed by atoms with Crippen LogP contribution in [0.2, 0.25) is 0 Å². The standard InChI is InChI=1S/C12H15ClOS/c1-8(2)15-12-5-4-9(3)6-10(12)11(14)7-13/h4-6,8H,7H2,1-3H3. The van der Waals surface area contributed by atoms with Crippen LogP contribution in [0.5, 0.6) is 0 Å². The molecular weight excluding hydrogens is 228 g/mol. The van der Waals surface area contributed by atoms with Crippen molar-refractivity contribution < 1.29 is 4.79 Å². The molecule has 1 aromatic carbocycles. The molecule has 0 fully saturated rings. The van der Waals surface area contributed by atoms with Crippen molar-refractivity contribution in [2.45, 2.75) is 30.9 Å². The lowest BCUT2D eigenvalue weighted by molar-refractivity contribution is 0.101. The minimum absolute atomic E-state index is 0.00326. The summed E-state index contributed by atoms with van der Waals surface area (Å²) < 4.78 is 0. The maximum Gasteiger partial charge on any atom is 0.178 e. The van der Waals surface area contributed by atoms with Crippen LogP contribution in [0.25, 0.3) is 0 Å². The Hall–Kier alpha value is -0.470. The van der Waals surface area contributed by atoms with E-state index in [0.717, 1.165) is 16.0 Å². The maximum absolute atomic E-state index is 11.6. The summed E-state index contributed by atoms with van der Waals surface area (Å²) >= 11 is 7.29. The van der Waals surface area contributed by atoms with E-state index < -0.39 is 0 Å². The number of aryl methyl sites for hydroxylation is 1. The van der Waals surface area contributed by atoms with E-state index in [4.69, 9.17) is 11.6 Å². The topological polar surface area (TPSA) is 17.1 Å². The number of thioether (sulfide) groups is 1. The number of halogens is 1. The third kappa shape index (κ3) is 3.54. The number of hydrogen-bond donors (Lipinski definition) is 0. The molecule has 1 nitrogen and oxygen atoms in total. The Morgan fingerprint density at radius 3 is 2.67 bits per heavy atom. The van der Waals surface area contributed by atoms with Gasteiger partial charge in [0.05, 0.1) is 5.88 Å². The lowest BCUT2D eigenvalue weighted by Crippen LogP contribution is -2.04. The van der Waals surface area contributed by atoms with Crippen LogP contribution < -0.4 is 0 Å². The van der Waals surface area contributed by atoms with E-state index in [2.05, 4.69) is 13.8 Å². The number of carbonyl (C=O) groups excluding carboxylic acids is 1. The van der Waals surface area contributed by atoms with Gasteiger partial charge in [-0.3, -0.25) is 4.79 Å². The molecule has 15 heavy (non-hydrogen) atoms. The second kappa shape index (κ2) is 5.57. The predicted molar refractivity (Wildman–Crippen MR) is 67.2 cm³/mol. The summed E-state index contributed by atoms with van der Waals surface area (Å²) in [5, 5.41) is 0.467. The lowest BCUT2D eigenvalue weighted by Gasteiger charge is -2.10. The zero-order valence-electron chi connectivity index (χ0n) is 9.21. The minimum Gasteiger partial charge on any atom is -0.293 e. The van der Waals surface area contributed by atoms with Crippen molar-refractivity contribution in [2.75, 3.05) is 5.88 Å². The third-order valence-corrected chi connectivity index (χ3v) is 3.24. The van der Waals surface area contributed by atoms with Gasteiger partial charge in [-0.25, -0.2) is 0 Å². The van der Waals surface area contributed by atoms with Gasteiger partial charge in [0.15, 0.2) is 5.78 Å². The fraction of sp³-hybridized carbons (Fsp3) is 0.417. The number of rotatable bonds is 4. The Balaban J connectivity index is 3.08. The first-order valence-electron chi connectivity index (χ1n) is 4.91. The summed E-state index contributed by atoms with van der Waals surface area (Å²) in [7, 11) is 0. The molecule has 0 bridgehead atoms. The van der Waals surface area contributed by atoms with E-state index in [1.165, 1.54) is 0 Å². The van der Waals surface area contributed by atoms with E-state index >= 15 is 0 Å². The molecule has 0 saturated heterocycles. The highest BCUT2D eigenvalue weighted by Crippen LogP contribution is 2.27. The number of alkyl halides is 1. The quantitative estimate of drug-likeness (QED) is 0.452. The van der Waals surface area contributed by atoms with Crippen molar-refractivity contribution >= 4 is 29.1 Å². The summed E-state index contributed by atoms with van der Waals surface area (Å²) in [4.78, 5) is 12.7. The van der Waals surface area contributed by atoms with Crippen LogP contribution in [-0.2, 0) is 0 Å². The molecule has 0 aromatic heterocycles. The largest absolute Gasteiger partial charge is 0.293 e. The van der Waals surface area contributed by atoms with Gasteiger partial charge in [-0.05, 0) is 19.1 Å². The molecule has 0 saturated carbocycles. The fourth-order valence-electron chi connectivity index (χ4n) is 1.29. The second-order valence-corrected chi connectivity index (χ2v) is 5.61. The average molecular weight is 243 g/mol. The minimum atomic E-state index is 0.00326. The van der Waals surface area contributed by atoms with Crippen molar-refractivity contribution in [1.82, 2.24) is 0 Å². The number of carbonyl (C=O) groups is 1. The van der Waals surface area contributed by atoms with Crippen LogP contribution in [0.1, 0.15) is 29.8 Å².